The molecule has 0 spiro atoms. The quantitative estimate of drug-likeness (QED) is 0.710. The van der Waals surface area contributed by atoms with Crippen LogP contribution in [-0.4, -0.2) is 19.7 Å². The molecule has 4 heteroatoms. The lowest BCUT2D eigenvalue weighted by Crippen LogP contribution is -2.14. The zero-order valence-corrected chi connectivity index (χ0v) is 9.18. The average molecular weight is 202 g/mol. The van der Waals surface area contributed by atoms with Crippen LogP contribution < -0.4 is 0 Å². The van der Waals surface area contributed by atoms with Crippen LogP contribution in [0.5, 0.6) is 0 Å². The van der Waals surface area contributed by atoms with Gasteiger partial charge in [0.2, 0.25) is 0 Å². The van der Waals surface area contributed by atoms with E-state index in [0.717, 1.165) is 11.5 Å². The topological polar surface area (TPSA) is 43.6 Å². The van der Waals surface area contributed by atoms with E-state index < -0.39 is 0 Å². The third kappa shape index (κ3) is 2.03. The van der Waals surface area contributed by atoms with E-state index in [1.165, 1.54) is 0 Å². The van der Waals surface area contributed by atoms with E-state index in [9.17, 15) is 0 Å². The minimum absolute atomic E-state index is 0.0373. The van der Waals surface area contributed by atoms with Gasteiger partial charge in [-0.3, -0.25) is 4.98 Å². The summed E-state index contributed by atoms with van der Waals surface area (Å²) in [6.45, 7) is 6.35. The first-order valence-corrected chi connectivity index (χ1v) is 4.90. The zero-order chi connectivity index (χ0) is 10.9. The first kappa shape index (κ1) is 9.83. The van der Waals surface area contributed by atoms with Gasteiger partial charge >= 0.3 is 0 Å². The van der Waals surface area contributed by atoms with Crippen molar-refractivity contribution in [1.29, 1.82) is 0 Å². The Kier molecular flexibility index (Phi) is 2.26. The summed E-state index contributed by atoms with van der Waals surface area (Å²) in [5.74, 6) is 0.744. The van der Waals surface area contributed by atoms with Gasteiger partial charge in [-0.05, 0) is 6.07 Å². The molecule has 0 N–H and O–H groups in total. The van der Waals surface area contributed by atoms with Crippen molar-refractivity contribution in [2.45, 2.75) is 26.2 Å². The zero-order valence-electron chi connectivity index (χ0n) is 9.18. The van der Waals surface area contributed by atoms with E-state index in [-0.39, 0.29) is 5.41 Å². The van der Waals surface area contributed by atoms with Crippen LogP contribution in [0.15, 0.2) is 30.9 Å². The molecular formula is C11H14N4. The number of nitrogens with zero attached hydrogens (tertiary/aromatic N) is 4. The fraction of sp³-hybridized carbons (Fsp3) is 0.364. The third-order valence-corrected chi connectivity index (χ3v) is 2.15. The predicted octanol–water partition coefficient (Wildman–Crippen LogP) is 1.96. The SMILES string of the molecule is CC(C)(C)c1cnc(-n2cccn2)cn1. The average Bonchev–Trinajstić information content (AvgIpc) is 2.69. The van der Waals surface area contributed by atoms with Crippen LogP contribution in [0, 0.1) is 0 Å². The maximum atomic E-state index is 4.38. The number of hydrogen-bond donors (Lipinski definition) is 0. The molecule has 0 unspecified atom stereocenters. The van der Waals surface area contributed by atoms with E-state index in [4.69, 9.17) is 0 Å². The fourth-order valence-electron chi connectivity index (χ4n) is 1.23. The van der Waals surface area contributed by atoms with Gasteiger partial charge < -0.3 is 0 Å². The summed E-state index contributed by atoms with van der Waals surface area (Å²) in [7, 11) is 0. The maximum absolute atomic E-state index is 4.38. The Balaban J connectivity index is 2.33. The highest BCUT2D eigenvalue weighted by Gasteiger charge is 2.15. The summed E-state index contributed by atoms with van der Waals surface area (Å²) in [5, 5.41) is 4.09. The van der Waals surface area contributed by atoms with Gasteiger partial charge in [0.15, 0.2) is 5.82 Å². The summed E-state index contributed by atoms with van der Waals surface area (Å²) in [6, 6.07) is 1.86. The van der Waals surface area contributed by atoms with Crippen molar-refractivity contribution in [3.63, 3.8) is 0 Å². The van der Waals surface area contributed by atoms with Gasteiger partial charge in [-0.25, -0.2) is 9.67 Å². The number of hydrogen-bond acceptors (Lipinski definition) is 3. The molecule has 2 aromatic rings. The van der Waals surface area contributed by atoms with Crippen LogP contribution in [0.4, 0.5) is 0 Å². The maximum Gasteiger partial charge on any atom is 0.171 e. The second-order valence-corrected chi connectivity index (χ2v) is 4.46. The largest absolute Gasteiger partial charge is 0.255 e. The summed E-state index contributed by atoms with van der Waals surface area (Å²) in [4.78, 5) is 8.71. The van der Waals surface area contributed by atoms with Crippen molar-refractivity contribution >= 4 is 0 Å². The smallest absolute Gasteiger partial charge is 0.171 e. The fourth-order valence-corrected chi connectivity index (χ4v) is 1.23. The van der Waals surface area contributed by atoms with Crippen molar-refractivity contribution in [2.24, 2.45) is 0 Å². The minimum Gasteiger partial charge on any atom is -0.255 e. The molecule has 2 heterocycles. The van der Waals surface area contributed by atoms with Gasteiger partial charge in [0.25, 0.3) is 0 Å². The van der Waals surface area contributed by atoms with Gasteiger partial charge in [0.05, 0.1) is 18.1 Å². The summed E-state index contributed by atoms with van der Waals surface area (Å²) in [5.41, 5.74) is 1.02. The van der Waals surface area contributed by atoms with Crippen LogP contribution in [0.25, 0.3) is 5.82 Å². The van der Waals surface area contributed by atoms with E-state index >= 15 is 0 Å². The Morgan fingerprint density at radius 3 is 2.40 bits per heavy atom. The van der Waals surface area contributed by atoms with E-state index in [1.807, 2.05) is 12.3 Å². The number of rotatable bonds is 1. The standard InChI is InChI=1S/C11H14N4/c1-11(2,3)9-7-13-10(8-12-9)15-6-4-5-14-15/h4-8H,1-3H3. The van der Waals surface area contributed by atoms with Gasteiger partial charge in [-0.1, -0.05) is 20.8 Å². The highest BCUT2D eigenvalue weighted by molar-refractivity contribution is 5.19. The Bertz CT molecular complexity index is 423. The molecule has 15 heavy (non-hydrogen) atoms. The first-order chi connectivity index (χ1) is 7.07. The molecule has 2 rings (SSSR count). The molecule has 0 saturated carbocycles. The highest BCUT2D eigenvalue weighted by Crippen LogP contribution is 2.18. The molecular weight excluding hydrogens is 188 g/mol. The lowest BCUT2D eigenvalue weighted by molar-refractivity contribution is 0.564. The molecule has 0 aromatic carbocycles. The van der Waals surface area contributed by atoms with Crippen molar-refractivity contribution in [3.05, 3.63) is 36.5 Å². The lowest BCUT2D eigenvalue weighted by Gasteiger charge is -2.16. The minimum atomic E-state index is 0.0373. The third-order valence-electron chi connectivity index (χ3n) is 2.15. The predicted molar refractivity (Wildman–Crippen MR) is 57.9 cm³/mol. The first-order valence-electron chi connectivity index (χ1n) is 4.90. The van der Waals surface area contributed by atoms with Gasteiger partial charge in [0.1, 0.15) is 0 Å². The van der Waals surface area contributed by atoms with Crippen molar-refractivity contribution in [3.8, 4) is 5.82 Å². The molecule has 2 aromatic heterocycles. The Morgan fingerprint density at radius 2 is 1.93 bits per heavy atom. The molecule has 0 aliphatic heterocycles. The monoisotopic (exact) mass is 202 g/mol. The molecule has 0 atom stereocenters. The van der Waals surface area contributed by atoms with Crippen LogP contribution in [-0.2, 0) is 5.41 Å². The molecule has 0 bridgehead atoms. The van der Waals surface area contributed by atoms with E-state index in [2.05, 4.69) is 35.8 Å². The Morgan fingerprint density at radius 1 is 1.13 bits per heavy atom. The van der Waals surface area contributed by atoms with E-state index in [0.29, 0.717) is 0 Å². The van der Waals surface area contributed by atoms with Gasteiger partial charge in [-0.2, -0.15) is 5.10 Å². The van der Waals surface area contributed by atoms with Gasteiger partial charge in [0, 0.05) is 17.8 Å². The lowest BCUT2D eigenvalue weighted by atomic mass is 9.93. The molecule has 0 aliphatic rings. The van der Waals surface area contributed by atoms with Crippen LogP contribution in [0.1, 0.15) is 26.5 Å². The van der Waals surface area contributed by atoms with Crippen LogP contribution in [0.2, 0.25) is 0 Å². The van der Waals surface area contributed by atoms with Crippen molar-refractivity contribution in [2.75, 3.05) is 0 Å². The second-order valence-electron chi connectivity index (χ2n) is 4.46. The van der Waals surface area contributed by atoms with Crippen LogP contribution >= 0.6 is 0 Å². The van der Waals surface area contributed by atoms with Crippen molar-refractivity contribution in [1.82, 2.24) is 19.7 Å². The van der Waals surface area contributed by atoms with Crippen LogP contribution in [0.3, 0.4) is 0 Å². The van der Waals surface area contributed by atoms with Crippen molar-refractivity contribution < 1.29 is 0 Å². The highest BCUT2D eigenvalue weighted by atomic mass is 15.3. The summed E-state index contributed by atoms with van der Waals surface area (Å²) < 4.78 is 1.69. The molecule has 0 fully saturated rings. The molecule has 0 amide bonds. The number of aromatic nitrogens is 4. The normalized spacial score (nSPS) is 11.7. The summed E-state index contributed by atoms with van der Waals surface area (Å²) >= 11 is 0. The van der Waals surface area contributed by atoms with Gasteiger partial charge in [-0.15, -0.1) is 0 Å². The second kappa shape index (κ2) is 3.46. The molecule has 78 valence electrons. The summed E-state index contributed by atoms with van der Waals surface area (Å²) in [6.07, 6.45) is 7.12. The Labute approximate surface area is 89.0 Å². The Hall–Kier alpha value is -1.71. The molecule has 0 aliphatic carbocycles. The molecule has 0 radical (unpaired) electrons. The molecule has 0 saturated heterocycles. The van der Waals surface area contributed by atoms with E-state index in [1.54, 1.807) is 23.3 Å². The molecule has 4 nitrogen and oxygen atoms in total.